The lowest BCUT2D eigenvalue weighted by Crippen LogP contribution is -2.49. The number of rotatable bonds is 3. The van der Waals surface area contributed by atoms with E-state index in [9.17, 15) is 9.18 Å². The summed E-state index contributed by atoms with van der Waals surface area (Å²) in [6.45, 7) is 3.30. The molecule has 1 aliphatic heterocycles. The highest BCUT2D eigenvalue weighted by atomic mass is 19.1. The molecule has 1 unspecified atom stereocenters. The van der Waals surface area contributed by atoms with Gasteiger partial charge in [-0.25, -0.2) is 9.18 Å². The molecule has 24 heavy (non-hydrogen) atoms. The second kappa shape index (κ2) is 6.90. The first-order valence-corrected chi connectivity index (χ1v) is 8.10. The van der Waals surface area contributed by atoms with E-state index in [2.05, 4.69) is 15.7 Å². The van der Waals surface area contributed by atoms with Crippen molar-refractivity contribution in [2.24, 2.45) is 7.05 Å². The van der Waals surface area contributed by atoms with Crippen LogP contribution < -0.4 is 15.5 Å². The van der Waals surface area contributed by atoms with Crippen molar-refractivity contribution in [1.29, 1.82) is 0 Å². The number of amides is 2. The van der Waals surface area contributed by atoms with E-state index < -0.39 is 0 Å². The van der Waals surface area contributed by atoms with Crippen LogP contribution in [0.2, 0.25) is 0 Å². The average Bonchev–Trinajstić information content (AvgIpc) is 2.85. The Morgan fingerprint density at radius 1 is 1.38 bits per heavy atom. The maximum absolute atomic E-state index is 13.9. The molecule has 0 bridgehead atoms. The quantitative estimate of drug-likeness (QED) is 0.909. The Hall–Kier alpha value is -2.57. The molecule has 3 rings (SSSR count). The van der Waals surface area contributed by atoms with Gasteiger partial charge < -0.3 is 10.2 Å². The van der Waals surface area contributed by atoms with Gasteiger partial charge in [-0.1, -0.05) is 12.1 Å². The topological polar surface area (TPSA) is 62.2 Å². The summed E-state index contributed by atoms with van der Waals surface area (Å²) in [7, 11) is 1.83. The molecule has 1 aromatic carbocycles. The van der Waals surface area contributed by atoms with Crippen molar-refractivity contribution < 1.29 is 9.18 Å². The molecule has 1 aliphatic rings. The number of aromatic nitrogens is 2. The number of hydrogen-bond donors (Lipinski definition) is 2. The van der Waals surface area contributed by atoms with Gasteiger partial charge in [0.25, 0.3) is 0 Å². The maximum atomic E-state index is 13.9. The summed E-state index contributed by atoms with van der Waals surface area (Å²) in [5.41, 5.74) is 1.55. The average molecular weight is 331 g/mol. The van der Waals surface area contributed by atoms with Gasteiger partial charge in [0.05, 0.1) is 5.69 Å². The van der Waals surface area contributed by atoms with Crippen LogP contribution in [0.5, 0.6) is 0 Å². The summed E-state index contributed by atoms with van der Waals surface area (Å²) < 4.78 is 15.6. The lowest BCUT2D eigenvalue weighted by atomic mass is 10.0. The number of carbonyl (C=O) groups is 1. The number of anilines is 2. The molecule has 2 aromatic rings. The monoisotopic (exact) mass is 331 g/mol. The van der Waals surface area contributed by atoms with Gasteiger partial charge in [0.2, 0.25) is 0 Å². The van der Waals surface area contributed by atoms with Crippen molar-refractivity contribution in [3.8, 4) is 0 Å². The minimum Gasteiger partial charge on any atom is -0.367 e. The van der Waals surface area contributed by atoms with Gasteiger partial charge in [-0.2, -0.15) is 5.10 Å². The van der Waals surface area contributed by atoms with Gasteiger partial charge in [-0.05, 0) is 31.9 Å². The van der Waals surface area contributed by atoms with Gasteiger partial charge in [-0.3, -0.25) is 10.00 Å². The zero-order chi connectivity index (χ0) is 17.1. The predicted molar refractivity (Wildman–Crippen MR) is 91.7 cm³/mol. The molecular formula is C17H22FN5O. The Balaban J connectivity index is 1.59. The number of nitrogens with zero attached hydrogens (tertiary/aromatic N) is 3. The molecule has 7 heteroatoms. The lowest BCUT2D eigenvalue weighted by Gasteiger charge is -2.34. The van der Waals surface area contributed by atoms with E-state index in [-0.39, 0.29) is 17.9 Å². The fraction of sp³-hybridized carbons (Fsp3) is 0.412. The minimum absolute atomic E-state index is 0.0248. The summed E-state index contributed by atoms with van der Waals surface area (Å²) in [4.78, 5) is 14.1. The first-order chi connectivity index (χ1) is 11.5. The van der Waals surface area contributed by atoms with E-state index in [4.69, 9.17) is 0 Å². The molecule has 1 fully saturated rings. The Kier molecular flexibility index (Phi) is 4.69. The molecule has 2 amide bonds. The van der Waals surface area contributed by atoms with Crippen LogP contribution in [0.4, 0.5) is 20.7 Å². The number of aryl methyl sites for hydroxylation is 2. The maximum Gasteiger partial charge on any atom is 0.320 e. The molecule has 1 atom stereocenters. The van der Waals surface area contributed by atoms with E-state index in [0.29, 0.717) is 18.1 Å². The second-order valence-corrected chi connectivity index (χ2v) is 6.13. The zero-order valence-electron chi connectivity index (χ0n) is 13.9. The van der Waals surface area contributed by atoms with Crippen LogP contribution in [0.1, 0.15) is 18.5 Å². The van der Waals surface area contributed by atoms with Crippen LogP contribution in [-0.4, -0.2) is 34.9 Å². The molecule has 0 radical (unpaired) electrons. The Morgan fingerprint density at radius 3 is 2.88 bits per heavy atom. The lowest BCUT2D eigenvalue weighted by molar-refractivity contribution is 0.246. The van der Waals surface area contributed by atoms with Crippen molar-refractivity contribution >= 4 is 17.5 Å². The van der Waals surface area contributed by atoms with E-state index in [1.54, 1.807) is 16.8 Å². The molecule has 1 aromatic heterocycles. The van der Waals surface area contributed by atoms with E-state index in [1.165, 1.54) is 6.07 Å². The van der Waals surface area contributed by atoms with Crippen LogP contribution in [0.3, 0.4) is 0 Å². The molecule has 0 saturated carbocycles. The smallest absolute Gasteiger partial charge is 0.320 e. The molecule has 2 N–H and O–H groups in total. The van der Waals surface area contributed by atoms with Gasteiger partial charge in [-0.15, -0.1) is 0 Å². The number of piperidine rings is 1. The Labute approximate surface area is 140 Å². The van der Waals surface area contributed by atoms with Gasteiger partial charge in [0.1, 0.15) is 5.82 Å². The number of benzene rings is 1. The molecular weight excluding hydrogens is 309 g/mol. The van der Waals surface area contributed by atoms with Gasteiger partial charge in [0.15, 0.2) is 5.82 Å². The first kappa shape index (κ1) is 16.3. The third kappa shape index (κ3) is 3.67. The largest absolute Gasteiger partial charge is 0.367 e. The molecule has 0 aliphatic carbocycles. The van der Waals surface area contributed by atoms with Crippen molar-refractivity contribution in [3.63, 3.8) is 0 Å². The molecule has 6 nitrogen and oxygen atoms in total. The van der Waals surface area contributed by atoms with Crippen molar-refractivity contribution in [3.05, 3.63) is 41.8 Å². The zero-order valence-corrected chi connectivity index (χ0v) is 13.9. The number of carbonyl (C=O) groups excluding carboxylic acids is 1. The standard InChI is InChI=1S/C17H22FN5O/c1-12-10-16(21-22(12)2)20-17(24)19-13-6-5-9-23(11-13)15-8-4-3-7-14(15)18/h3-4,7-8,10,13H,5-6,9,11H2,1-2H3,(H2,19,20,21,24). The van der Waals surface area contributed by atoms with E-state index >= 15 is 0 Å². The van der Waals surface area contributed by atoms with Crippen molar-refractivity contribution in [2.75, 3.05) is 23.3 Å². The SMILES string of the molecule is Cc1cc(NC(=O)NC2CCCN(c3ccccc3F)C2)nn1C. The van der Waals surface area contributed by atoms with Crippen molar-refractivity contribution in [1.82, 2.24) is 15.1 Å². The van der Waals surface area contributed by atoms with Crippen molar-refractivity contribution in [2.45, 2.75) is 25.8 Å². The Morgan fingerprint density at radius 2 is 2.17 bits per heavy atom. The fourth-order valence-electron chi connectivity index (χ4n) is 2.98. The summed E-state index contributed by atoms with van der Waals surface area (Å²) in [6, 6.07) is 8.24. The normalized spacial score (nSPS) is 17.6. The number of urea groups is 1. The second-order valence-electron chi connectivity index (χ2n) is 6.13. The molecule has 1 saturated heterocycles. The highest BCUT2D eigenvalue weighted by Crippen LogP contribution is 2.22. The molecule has 2 heterocycles. The third-order valence-electron chi connectivity index (χ3n) is 4.31. The number of halogens is 1. The van der Waals surface area contributed by atoms with E-state index in [0.717, 1.165) is 25.1 Å². The van der Waals surface area contributed by atoms with Crippen LogP contribution in [0.25, 0.3) is 0 Å². The summed E-state index contributed by atoms with van der Waals surface area (Å²) in [5, 5.41) is 9.90. The van der Waals surface area contributed by atoms with Gasteiger partial charge >= 0.3 is 6.03 Å². The highest BCUT2D eigenvalue weighted by Gasteiger charge is 2.23. The molecule has 128 valence electrons. The summed E-state index contributed by atoms with van der Waals surface area (Å²) in [6.07, 6.45) is 1.78. The van der Waals surface area contributed by atoms with Crippen LogP contribution in [-0.2, 0) is 7.05 Å². The summed E-state index contributed by atoms with van der Waals surface area (Å²) >= 11 is 0. The van der Waals surface area contributed by atoms with Crippen LogP contribution in [0.15, 0.2) is 30.3 Å². The first-order valence-electron chi connectivity index (χ1n) is 8.10. The molecule has 0 spiro atoms. The van der Waals surface area contributed by atoms with Gasteiger partial charge in [0, 0.05) is 37.9 Å². The van der Waals surface area contributed by atoms with Crippen LogP contribution in [0, 0.1) is 12.7 Å². The minimum atomic E-state index is -0.284. The summed E-state index contributed by atoms with van der Waals surface area (Å²) in [5.74, 6) is 0.292. The third-order valence-corrected chi connectivity index (χ3v) is 4.31. The number of nitrogens with one attached hydrogen (secondary N) is 2. The highest BCUT2D eigenvalue weighted by molar-refractivity contribution is 5.88. The number of hydrogen-bond acceptors (Lipinski definition) is 3. The fourth-order valence-corrected chi connectivity index (χ4v) is 2.98. The van der Waals surface area contributed by atoms with E-state index in [1.807, 2.05) is 31.0 Å². The number of para-hydroxylation sites is 1. The van der Waals surface area contributed by atoms with Crippen LogP contribution >= 0.6 is 0 Å². The Bertz CT molecular complexity index is 710. The predicted octanol–water partition coefficient (Wildman–Crippen LogP) is 2.66.